The van der Waals surface area contributed by atoms with Gasteiger partial charge in [0, 0.05) is 85.8 Å². The van der Waals surface area contributed by atoms with Gasteiger partial charge in [-0.05, 0) is 95.4 Å². The summed E-state index contributed by atoms with van der Waals surface area (Å²) >= 11 is 7.37. The quantitative estimate of drug-likeness (QED) is 0.0910. The van der Waals surface area contributed by atoms with Crippen LogP contribution in [-0.4, -0.2) is 68.4 Å². The van der Waals surface area contributed by atoms with Crippen molar-refractivity contribution in [3.63, 3.8) is 0 Å². The molecule has 6 rings (SSSR count). The Morgan fingerprint density at radius 1 is 0.844 bits per heavy atom. The predicted octanol–water partition coefficient (Wildman–Crippen LogP) is 5.56. The Bertz CT molecular complexity index is 1610. The Hall–Kier alpha value is -3.93. The molecule has 0 saturated carbocycles. The molecule has 0 atom stereocenters. The Morgan fingerprint density at radius 3 is 2.24 bits per heavy atom. The molecule has 0 unspecified atom stereocenters. The molecular weight excluding hydrogens is 606 g/mol. The number of rotatable bonds is 9. The maximum Gasteiger partial charge on any atom is 0.261 e. The molecule has 0 aliphatic carbocycles. The number of carbonyl (C=O) groups is 1. The first-order valence-corrected chi connectivity index (χ1v) is 16.3. The summed E-state index contributed by atoms with van der Waals surface area (Å²) in [4.78, 5) is 20.9. The van der Waals surface area contributed by atoms with Crippen molar-refractivity contribution in [1.82, 2.24) is 14.9 Å². The highest BCUT2D eigenvalue weighted by atomic mass is 35.5. The van der Waals surface area contributed by atoms with Crippen molar-refractivity contribution < 1.29 is 10.0 Å². The summed E-state index contributed by atoms with van der Waals surface area (Å²) in [6, 6.07) is 27.9. The molecule has 11 heteroatoms. The summed E-state index contributed by atoms with van der Waals surface area (Å²) in [6.45, 7) is 8.65. The maximum atomic E-state index is 12.8. The molecule has 9 nitrogen and oxygen atoms in total. The smallest absolute Gasteiger partial charge is 0.261 e. The van der Waals surface area contributed by atoms with Gasteiger partial charge < -0.3 is 20.9 Å². The standard InChI is InChI=1S/C34H38ClN7O2S/c35-27-5-1-24(2-6-27)31-11-9-29(41-15-13-37-14-16-41)21-26(31)23-40-17-19-42(20-18-40)28-7-3-25(4-8-28)34(43)39-45-30-10-12-32(36)33(22-30)38-44/h1-12,21-22,37-38,44H,13-20,23,36H2,(H,39,43). The van der Waals surface area contributed by atoms with Crippen molar-refractivity contribution in [1.29, 1.82) is 0 Å². The average Bonchev–Trinajstić information content (AvgIpc) is 3.09. The second-order valence-corrected chi connectivity index (χ2v) is 12.6. The Labute approximate surface area is 273 Å². The number of halogens is 1. The molecule has 2 aliphatic heterocycles. The van der Waals surface area contributed by atoms with Crippen LogP contribution in [0.1, 0.15) is 15.9 Å². The summed E-state index contributed by atoms with van der Waals surface area (Å²) < 4.78 is 2.85. The summed E-state index contributed by atoms with van der Waals surface area (Å²) in [7, 11) is 0. The number of nitrogens with two attached hydrogens (primary N) is 1. The highest BCUT2D eigenvalue weighted by Crippen LogP contribution is 2.31. The molecule has 0 radical (unpaired) electrons. The predicted molar refractivity (Wildman–Crippen MR) is 185 cm³/mol. The zero-order valence-electron chi connectivity index (χ0n) is 25.0. The van der Waals surface area contributed by atoms with Gasteiger partial charge in [0.05, 0.1) is 11.4 Å². The van der Waals surface area contributed by atoms with E-state index in [1.165, 1.54) is 34.3 Å². The van der Waals surface area contributed by atoms with E-state index in [2.05, 4.69) is 60.6 Å². The fourth-order valence-corrected chi connectivity index (χ4v) is 6.60. The van der Waals surface area contributed by atoms with Gasteiger partial charge in [-0.1, -0.05) is 29.8 Å². The normalized spacial score (nSPS) is 15.6. The summed E-state index contributed by atoms with van der Waals surface area (Å²) in [6.07, 6.45) is 0. The molecule has 2 aliphatic rings. The number of amides is 1. The molecule has 234 valence electrons. The fourth-order valence-electron chi connectivity index (χ4n) is 5.83. The van der Waals surface area contributed by atoms with Gasteiger partial charge in [0.2, 0.25) is 0 Å². The van der Waals surface area contributed by atoms with Crippen molar-refractivity contribution in [2.45, 2.75) is 11.4 Å². The number of hydrogen-bond donors (Lipinski definition) is 5. The third-order valence-electron chi connectivity index (χ3n) is 8.39. The Kier molecular flexibility index (Phi) is 9.97. The fraction of sp³-hybridized carbons (Fsp3) is 0.265. The van der Waals surface area contributed by atoms with Gasteiger partial charge in [-0.2, -0.15) is 0 Å². The molecule has 2 heterocycles. The molecule has 4 aromatic carbocycles. The Morgan fingerprint density at radius 2 is 1.53 bits per heavy atom. The van der Waals surface area contributed by atoms with Crippen molar-refractivity contribution in [3.05, 3.63) is 101 Å². The maximum absolute atomic E-state index is 12.8. The van der Waals surface area contributed by atoms with E-state index < -0.39 is 0 Å². The van der Waals surface area contributed by atoms with E-state index in [9.17, 15) is 10.0 Å². The number of nitrogens with one attached hydrogen (secondary N) is 3. The third kappa shape index (κ3) is 7.66. The summed E-state index contributed by atoms with van der Waals surface area (Å²) in [5.41, 5.74) is 15.4. The van der Waals surface area contributed by atoms with Gasteiger partial charge in [-0.15, -0.1) is 0 Å². The van der Waals surface area contributed by atoms with Crippen molar-refractivity contribution in [2.24, 2.45) is 0 Å². The lowest BCUT2D eigenvalue weighted by Gasteiger charge is -2.37. The van der Waals surface area contributed by atoms with Gasteiger partial charge in [0.25, 0.3) is 5.91 Å². The Balaban J connectivity index is 1.07. The van der Waals surface area contributed by atoms with E-state index in [1.54, 1.807) is 18.2 Å². The molecule has 2 saturated heterocycles. The van der Waals surface area contributed by atoms with Gasteiger partial charge in [-0.25, -0.2) is 0 Å². The molecule has 0 aromatic heterocycles. The van der Waals surface area contributed by atoms with Crippen LogP contribution in [0.4, 0.5) is 22.7 Å². The molecule has 6 N–H and O–H groups in total. The van der Waals surface area contributed by atoms with E-state index in [4.69, 9.17) is 17.3 Å². The third-order valence-corrected chi connectivity index (χ3v) is 9.42. The average molecular weight is 644 g/mol. The highest BCUT2D eigenvalue weighted by molar-refractivity contribution is 7.98. The SMILES string of the molecule is Nc1ccc(SNC(=O)c2ccc(N3CCN(Cc4cc(N5CCNCC5)ccc4-c4ccc(Cl)cc4)CC3)cc2)cc1NO. The highest BCUT2D eigenvalue weighted by Gasteiger charge is 2.21. The molecule has 45 heavy (non-hydrogen) atoms. The molecule has 1 amide bonds. The van der Waals surface area contributed by atoms with Crippen LogP contribution < -0.4 is 31.1 Å². The lowest BCUT2D eigenvalue weighted by atomic mass is 9.98. The van der Waals surface area contributed by atoms with Crippen LogP contribution in [0.2, 0.25) is 5.02 Å². The van der Waals surface area contributed by atoms with Crippen LogP contribution in [0.5, 0.6) is 0 Å². The van der Waals surface area contributed by atoms with E-state index in [-0.39, 0.29) is 5.91 Å². The van der Waals surface area contributed by atoms with Crippen molar-refractivity contribution >= 4 is 52.2 Å². The second kappa shape index (κ2) is 14.4. The topological polar surface area (TPSA) is 109 Å². The number of nitrogen functional groups attached to an aromatic ring is 1. The van der Waals surface area contributed by atoms with Crippen LogP contribution in [0.15, 0.2) is 89.8 Å². The molecule has 0 bridgehead atoms. The van der Waals surface area contributed by atoms with E-state index >= 15 is 0 Å². The number of nitrogens with zero attached hydrogens (tertiary/aromatic N) is 3. The first kappa shape index (κ1) is 31.1. The van der Waals surface area contributed by atoms with Gasteiger partial charge in [0.15, 0.2) is 0 Å². The molecule has 0 spiro atoms. The zero-order chi connectivity index (χ0) is 31.2. The summed E-state index contributed by atoms with van der Waals surface area (Å²) in [5, 5.41) is 13.4. The monoisotopic (exact) mass is 643 g/mol. The van der Waals surface area contributed by atoms with Crippen LogP contribution in [0, 0.1) is 0 Å². The first-order valence-electron chi connectivity index (χ1n) is 15.2. The zero-order valence-corrected chi connectivity index (χ0v) is 26.6. The number of carbonyl (C=O) groups excluding carboxylic acids is 1. The van der Waals surface area contributed by atoms with Gasteiger partial charge in [-0.3, -0.25) is 25.1 Å². The van der Waals surface area contributed by atoms with Crippen LogP contribution in [-0.2, 0) is 6.54 Å². The number of piperazine rings is 2. The molecule has 2 fully saturated rings. The molecular formula is C34H38ClN7O2S. The number of benzene rings is 4. The van der Waals surface area contributed by atoms with Gasteiger partial charge in [0.1, 0.15) is 0 Å². The number of anilines is 4. The minimum absolute atomic E-state index is 0.189. The van der Waals surface area contributed by atoms with Crippen LogP contribution >= 0.6 is 23.5 Å². The largest absolute Gasteiger partial charge is 0.397 e. The van der Waals surface area contributed by atoms with Gasteiger partial charge >= 0.3 is 0 Å². The van der Waals surface area contributed by atoms with Crippen molar-refractivity contribution in [3.8, 4) is 11.1 Å². The van der Waals surface area contributed by atoms with Crippen molar-refractivity contribution in [2.75, 3.05) is 73.4 Å². The lowest BCUT2D eigenvalue weighted by Crippen LogP contribution is -2.46. The minimum Gasteiger partial charge on any atom is -0.397 e. The first-order chi connectivity index (χ1) is 22.0. The van der Waals surface area contributed by atoms with E-state index in [0.29, 0.717) is 16.9 Å². The molecule has 4 aromatic rings. The van der Waals surface area contributed by atoms with Crippen LogP contribution in [0.3, 0.4) is 0 Å². The minimum atomic E-state index is -0.189. The summed E-state index contributed by atoms with van der Waals surface area (Å²) in [5.74, 6) is -0.189. The van der Waals surface area contributed by atoms with E-state index in [0.717, 1.165) is 74.5 Å². The lowest BCUT2D eigenvalue weighted by molar-refractivity contribution is 0.0984. The second-order valence-electron chi connectivity index (χ2n) is 11.3. The number of hydrogen-bond acceptors (Lipinski definition) is 9. The van der Waals surface area contributed by atoms with Crippen LogP contribution in [0.25, 0.3) is 11.1 Å². The van der Waals surface area contributed by atoms with E-state index in [1.807, 2.05) is 36.4 Å².